The zero-order valence-electron chi connectivity index (χ0n) is 6.92. The van der Waals surface area contributed by atoms with Crippen molar-refractivity contribution in [3.8, 4) is 5.75 Å². The van der Waals surface area contributed by atoms with Crippen LogP contribution in [0.5, 0.6) is 5.75 Å². The van der Waals surface area contributed by atoms with Crippen LogP contribution in [0, 0.1) is 0 Å². The van der Waals surface area contributed by atoms with E-state index in [0.717, 1.165) is 24.3 Å². The van der Waals surface area contributed by atoms with E-state index >= 15 is 0 Å². The van der Waals surface area contributed by atoms with E-state index in [4.69, 9.17) is 0 Å². The zero-order valence-corrected chi connectivity index (χ0v) is 8.56. The van der Waals surface area contributed by atoms with Crippen molar-refractivity contribution in [2.24, 2.45) is 0 Å². The summed E-state index contributed by atoms with van der Waals surface area (Å²) in [5, 5.41) is 0. The van der Waals surface area contributed by atoms with Crippen LogP contribution in [0.3, 0.4) is 0 Å². The summed E-state index contributed by atoms with van der Waals surface area (Å²) in [7, 11) is -10.6. The Hall–Kier alpha value is -1.22. The second kappa shape index (κ2) is 3.74. The second-order valence-electron chi connectivity index (χ2n) is 2.36. The van der Waals surface area contributed by atoms with Crippen LogP contribution in [-0.4, -0.2) is 16.8 Å². The molecule has 1 aromatic carbocycles. The van der Waals surface area contributed by atoms with E-state index < -0.39 is 31.4 Å². The Labute approximate surface area is 84.9 Å². The highest BCUT2D eigenvalue weighted by atomic mass is 32.3. The molecule has 0 fully saturated rings. The maximum absolute atomic E-state index is 12.5. The lowest BCUT2D eigenvalue weighted by Crippen LogP contribution is -2.05. The summed E-state index contributed by atoms with van der Waals surface area (Å²) in [6.07, 6.45) is 0. The maximum atomic E-state index is 12.5. The first-order valence-corrected chi connectivity index (χ1v) is 6.07. The highest BCUT2D eigenvalue weighted by Gasteiger charge is 2.21. The van der Waals surface area contributed by atoms with Crippen LogP contribution >= 0.6 is 0 Å². The number of rotatable bonds is 3. The fourth-order valence-corrected chi connectivity index (χ4v) is 1.83. The van der Waals surface area contributed by atoms with Gasteiger partial charge in [0.2, 0.25) is 0 Å². The molecule has 84 valence electrons. The minimum absolute atomic E-state index is 0.746. The molecule has 0 atom stereocenters. The lowest BCUT2D eigenvalue weighted by atomic mass is 10.3. The highest BCUT2D eigenvalue weighted by molar-refractivity contribution is 7.86. The lowest BCUT2D eigenvalue weighted by Gasteiger charge is -2.03. The molecule has 0 radical (unpaired) electrons. The minimum atomic E-state index is -5.39. The molecule has 0 aliphatic carbocycles. The van der Waals surface area contributed by atoms with Gasteiger partial charge in [-0.05, 0) is 12.1 Å². The van der Waals surface area contributed by atoms with Crippen LogP contribution in [-0.2, 0) is 20.7 Å². The quantitative estimate of drug-likeness (QED) is 0.754. The van der Waals surface area contributed by atoms with Crippen molar-refractivity contribution >= 4 is 20.7 Å². The fourth-order valence-electron chi connectivity index (χ4n) is 0.828. The third-order valence-electron chi connectivity index (χ3n) is 1.30. The average Bonchev–Trinajstić information content (AvgIpc) is 1.99. The standard InChI is InChI=1S/C6H4F2O5S2/c7-14(9,10)6-4-2-1-3-5(6)13-15(8,11)12/h1-4H. The van der Waals surface area contributed by atoms with Crippen molar-refractivity contribution in [1.29, 1.82) is 0 Å². The Balaban J connectivity index is 3.32. The number of hydrogen-bond acceptors (Lipinski definition) is 5. The van der Waals surface area contributed by atoms with Crippen molar-refractivity contribution in [1.82, 2.24) is 0 Å². The molecular weight excluding hydrogens is 254 g/mol. The average molecular weight is 258 g/mol. The van der Waals surface area contributed by atoms with Gasteiger partial charge in [-0.2, -0.15) is 16.8 Å². The normalized spacial score (nSPS) is 12.4. The molecule has 0 aromatic heterocycles. The van der Waals surface area contributed by atoms with E-state index in [1.807, 2.05) is 0 Å². The predicted molar refractivity (Wildman–Crippen MR) is 45.4 cm³/mol. The monoisotopic (exact) mass is 258 g/mol. The van der Waals surface area contributed by atoms with Gasteiger partial charge in [-0.15, -0.1) is 3.89 Å². The van der Waals surface area contributed by atoms with Gasteiger partial charge in [0.25, 0.3) is 0 Å². The molecule has 1 rings (SSSR count). The molecule has 1 aromatic rings. The summed E-state index contributed by atoms with van der Waals surface area (Å²) in [6, 6.07) is 3.85. The lowest BCUT2D eigenvalue weighted by molar-refractivity contribution is 0.433. The zero-order chi connectivity index (χ0) is 11.7. The summed E-state index contributed by atoms with van der Waals surface area (Å²) in [4.78, 5) is -1.05. The molecular formula is C6H4F2O5S2. The molecule has 0 unspecified atom stereocenters. The second-order valence-corrected chi connectivity index (χ2v) is 4.63. The van der Waals surface area contributed by atoms with Crippen LogP contribution in [0.15, 0.2) is 29.2 Å². The van der Waals surface area contributed by atoms with Crippen LogP contribution in [0.2, 0.25) is 0 Å². The van der Waals surface area contributed by atoms with Gasteiger partial charge >= 0.3 is 20.7 Å². The number of benzene rings is 1. The highest BCUT2D eigenvalue weighted by Crippen LogP contribution is 2.26. The van der Waals surface area contributed by atoms with E-state index in [2.05, 4.69) is 4.18 Å². The number of halogens is 2. The Morgan fingerprint density at radius 2 is 1.53 bits per heavy atom. The number of hydrogen-bond donors (Lipinski definition) is 0. The largest absolute Gasteiger partial charge is 0.488 e. The molecule has 0 aliphatic rings. The molecule has 0 bridgehead atoms. The topological polar surface area (TPSA) is 77.5 Å². The Bertz CT molecular complexity index is 563. The first-order chi connectivity index (χ1) is 6.70. The molecule has 0 saturated carbocycles. The first-order valence-electron chi connectivity index (χ1n) is 3.38. The van der Waals surface area contributed by atoms with Crippen LogP contribution in [0.1, 0.15) is 0 Å². The Morgan fingerprint density at radius 3 is 2.00 bits per heavy atom. The van der Waals surface area contributed by atoms with Gasteiger partial charge in [-0.25, -0.2) is 0 Å². The molecule has 15 heavy (non-hydrogen) atoms. The van der Waals surface area contributed by atoms with Crippen molar-refractivity contribution in [2.75, 3.05) is 0 Å². The molecule has 0 saturated heterocycles. The molecule has 0 heterocycles. The Morgan fingerprint density at radius 1 is 1.00 bits per heavy atom. The van der Waals surface area contributed by atoms with Crippen LogP contribution in [0.4, 0.5) is 7.77 Å². The number of para-hydroxylation sites is 1. The summed E-state index contributed by atoms with van der Waals surface area (Å²) >= 11 is 0. The van der Waals surface area contributed by atoms with E-state index in [1.165, 1.54) is 0 Å². The SMILES string of the molecule is O=S(=O)(F)Oc1ccccc1S(=O)(=O)F. The van der Waals surface area contributed by atoms with Gasteiger partial charge in [-0.1, -0.05) is 16.0 Å². The van der Waals surface area contributed by atoms with Crippen LogP contribution < -0.4 is 4.18 Å². The van der Waals surface area contributed by atoms with E-state index in [9.17, 15) is 24.6 Å². The van der Waals surface area contributed by atoms with Gasteiger partial charge in [0.15, 0.2) is 5.75 Å². The summed E-state index contributed by atoms with van der Waals surface area (Å²) in [6.45, 7) is 0. The van der Waals surface area contributed by atoms with Gasteiger partial charge in [-0.3, -0.25) is 0 Å². The van der Waals surface area contributed by atoms with E-state index in [-0.39, 0.29) is 0 Å². The molecule has 0 aliphatic heterocycles. The summed E-state index contributed by atoms with van der Waals surface area (Å²) in [5.41, 5.74) is 0. The van der Waals surface area contributed by atoms with Gasteiger partial charge < -0.3 is 4.18 Å². The predicted octanol–water partition coefficient (Wildman–Crippen LogP) is 0.938. The first kappa shape index (κ1) is 11.9. The van der Waals surface area contributed by atoms with Gasteiger partial charge in [0.1, 0.15) is 4.90 Å². The molecule has 9 heteroatoms. The molecule has 0 spiro atoms. The van der Waals surface area contributed by atoms with E-state index in [0.29, 0.717) is 0 Å². The van der Waals surface area contributed by atoms with E-state index in [1.54, 1.807) is 0 Å². The van der Waals surface area contributed by atoms with Gasteiger partial charge in [0.05, 0.1) is 0 Å². The third kappa shape index (κ3) is 3.44. The third-order valence-corrected chi connectivity index (χ3v) is 2.54. The van der Waals surface area contributed by atoms with Gasteiger partial charge in [0, 0.05) is 0 Å². The molecule has 0 amide bonds. The van der Waals surface area contributed by atoms with Crippen molar-refractivity contribution in [3.63, 3.8) is 0 Å². The molecule has 0 N–H and O–H groups in total. The smallest absolute Gasteiger partial charge is 0.357 e. The summed E-state index contributed by atoms with van der Waals surface area (Å²) in [5.74, 6) is -0.928. The van der Waals surface area contributed by atoms with Crippen molar-refractivity contribution in [2.45, 2.75) is 4.90 Å². The summed E-state index contributed by atoms with van der Waals surface area (Å²) < 4.78 is 69.4. The Kier molecular flexibility index (Phi) is 2.95. The maximum Gasteiger partial charge on any atom is 0.488 e. The van der Waals surface area contributed by atoms with Crippen LogP contribution in [0.25, 0.3) is 0 Å². The molecule has 5 nitrogen and oxygen atoms in total. The fraction of sp³-hybridized carbons (Fsp3) is 0. The van der Waals surface area contributed by atoms with Crippen molar-refractivity contribution < 1.29 is 28.8 Å². The minimum Gasteiger partial charge on any atom is -0.357 e. The van der Waals surface area contributed by atoms with Crippen molar-refractivity contribution in [3.05, 3.63) is 24.3 Å².